The number of nitrogens with zero attached hydrogens (tertiary/aromatic N) is 4. The van der Waals surface area contributed by atoms with E-state index in [1.54, 1.807) is 12.1 Å². The third-order valence-electron chi connectivity index (χ3n) is 4.10. The number of hydrogen-bond donors (Lipinski definition) is 2. The number of ether oxygens (including phenoxy) is 1. The van der Waals surface area contributed by atoms with Crippen LogP contribution in [-0.2, 0) is 4.74 Å². The van der Waals surface area contributed by atoms with Gasteiger partial charge in [-0.25, -0.2) is 13.9 Å². The highest BCUT2D eigenvalue weighted by molar-refractivity contribution is 6.30. The van der Waals surface area contributed by atoms with Gasteiger partial charge in [-0.3, -0.25) is 4.98 Å². The number of fused-ring (bicyclic) bond motifs is 1. The zero-order valence-electron chi connectivity index (χ0n) is 13.1. The summed E-state index contributed by atoms with van der Waals surface area (Å²) in [7, 11) is 0. The van der Waals surface area contributed by atoms with Crippen molar-refractivity contribution in [2.45, 2.75) is 18.6 Å². The van der Waals surface area contributed by atoms with E-state index in [9.17, 15) is 9.50 Å². The zero-order chi connectivity index (χ0) is 17.4. The lowest BCUT2D eigenvalue weighted by Crippen LogP contribution is -2.42. The van der Waals surface area contributed by atoms with Crippen LogP contribution in [0.5, 0.6) is 0 Å². The molecule has 1 saturated heterocycles. The van der Waals surface area contributed by atoms with E-state index in [2.05, 4.69) is 20.4 Å². The number of aliphatic hydroxyl groups is 1. The van der Waals surface area contributed by atoms with Crippen LogP contribution in [0, 0.1) is 5.82 Å². The topological polar surface area (TPSA) is 84.6 Å². The van der Waals surface area contributed by atoms with Crippen LogP contribution in [0.15, 0.2) is 30.6 Å². The number of aromatic nitrogens is 4. The summed E-state index contributed by atoms with van der Waals surface area (Å²) in [4.78, 5) is 8.35. The molecule has 0 aliphatic carbocycles. The molecule has 9 heteroatoms. The fourth-order valence-corrected chi connectivity index (χ4v) is 2.90. The molecule has 2 N–H and O–H groups in total. The molecule has 2 atom stereocenters. The summed E-state index contributed by atoms with van der Waals surface area (Å²) in [5.41, 5.74) is 1.27. The van der Waals surface area contributed by atoms with Gasteiger partial charge in [-0.2, -0.15) is 0 Å². The first-order chi connectivity index (χ1) is 12.1. The molecule has 4 rings (SSSR count). The van der Waals surface area contributed by atoms with Crippen LogP contribution < -0.4 is 5.32 Å². The largest absolute Gasteiger partial charge is 0.389 e. The zero-order valence-corrected chi connectivity index (χ0v) is 13.8. The Bertz CT molecular complexity index is 901. The van der Waals surface area contributed by atoms with E-state index < -0.39 is 11.9 Å². The van der Waals surface area contributed by atoms with Crippen LogP contribution in [0.4, 0.5) is 10.3 Å². The van der Waals surface area contributed by atoms with Crippen molar-refractivity contribution >= 4 is 23.1 Å². The lowest BCUT2D eigenvalue weighted by Gasteiger charge is -2.28. The van der Waals surface area contributed by atoms with Gasteiger partial charge < -0.3 is 15.2 Å². The van der Waals surface area contributed by atoms with Crippen LogP contribution in [-0.4, -0.2) is 50.0 Å². The van der Waals surface area contributed by atoms with Crippen LogP contribution >= 0.6 is 11.6 Å². The number of hydrogen-bond acceptors (Lipinski definition) is 6. The van der Waals surface area contributed by atoms with Crippen molar-refractivity contribution in [3.8, 4) is 11.4 Å². The number of nitrogens with one attached hydrogen (secondary N) is 1. The molecule has 4 heterocycles. The lowest BCUT2D eigenvalue weighted by atomic mass is 10.1. The van der Waals surface area contributed by atoms with Gasteiger partial charge in [-0.1, -0.05) is 11.6 Å². The smallest absolute Gasteiger partial charge is 0.241 e. The predicted octanol–water partition coefficient (Wildman–Crippen LogP) is 2.15. The number of rotatable bonds is 3. The van der Waals surface area contributed by atoms with E-state index in [0.717, 1.165) is 0 Å². The third kappa shape index (κ3) is 3.15. The third-order valence-corrected chi connectivity index (χ3v) is 4.32. The molecule has 0 spiro atoms. The first-order valence-corrected chi connectivity index (χ1v) is 8.18. The Morgan fingerprint density at radius 1 is 1.32 bits per heavy atom. The normalized spacial score (nSPS) is 20.8. The highest BCUT2D eigenvalue weighted by atomic mass is 35.5. The molecule has 3 aromatic rings. The SMILES string of the molecule is O[C@@H]1COCC[C@H]1Nc1ncc2c(F)cc(-c3ccc(Cl)cn3)n2n1. The number of anilines is 1. The van der Waals surface area contributed by atoms with Gasteiger partial charge in [0.2, 0.25) is 5.95 Å². The van der Waals surface area contributed by atoms with E-state index in [1.807, 2.05) is 0 Å². The van der Waals surface area contributed by atoms with E-state index in [-0.39, 0.29) is 18.2 Å². The second kappa shape index (κ2) is 6.55. The summed E-state index contributed by atoms with van der Waals surface area (Å²) in [5.74, 6) is -0.145. The second-order valence-electron chi connectivity index (χ2n) is 5.80. The molecule has 0 bridgehead atoms. The van der Waals surface area contributed by atoms with Gasteiger partial charge in [0.1, 0.15) is 5.52 Å². The Morgan fingerprint density at radius 3 is 2.96 bits per heavy atom. The summed E-state index contributed by atoms with van der Waals surface area (Å²) in [5, 5.41) is 17.9. The molecule has 25 heavy (non-hydrogen) atoms. The van der Waals surface area contributed by atoms with Crippen molar-refractivity contribution in [2.75, 3.05) is 18.5 Å². The minimum atomic E-state index is -0.646. The molecule has 3 aromatic heterocycles. The molecule has 0 aromatic carbocycles. The van der Waals surface area contributed by atoms with E-state index in [0.29, 0.717) is 35.4 Å². The summed E-state index contributed by atoms with van der Waals surface area (Å²) >= 11 is 5.86. The number of halogens is 2. The van der Waals surface area contributed by atoms with Crippen LogP contribution in [0.3, 0.4) is 0 Å². The molecule has 0 unspecified atom stereocenters. The molecular weight excluding hydrogens is 349 g/mol. The molecule has 0 radical (unpaired) electrons. The Balaban J connectivity index is 1.71. The fourth-order valence-electron chi connectivity index (χ4n) is 2.79. The van der Waals surface area contributed by atoms with Crippen molar-refractivity contribution in [1.82, 2.24) is 19.6 Å². The average Bonchev–Trinajstić information content (AvgIpc) is 2.94. The maximum atomic E-state index is 14.2. The summed E-state index contributed by atoms with van der Waals surface area (Å²) in [6.45, 7) is 0.813. The standard InChI is InChI=1S/C16H15ClFN5O2/c17-9-1-2-11(19-6-9)13-5-10(18)14-7-20-16(22-23(13)14)21-12-3-4-25-8-15(12)24/h1-2,5-7,12,15,24H,3-4,8H2,(H,21,22)/t12-,15-/m1/s1. The fraction of sp³-hybridized carbons (Fsp3) is 0.312. The van der Waals surface area contributed by atoms with Gasteiger partial charge in [0.25, 0.3) is 0 Å². The van der Waals surface area contributed by atoms with Crippen LogP contribution in [0.2, 0.25) is 5.02 Å². The first-order valence-electron chi connectivity index (χ1n) is 7.80. The highest BCUT2D eigenvalue weighted by Gasteiger charge is 2.24. The van der Waals surface area contributed by atoms with Gasteiger partial charge in [-0.05, 0) is 18.6 Å². The summed E-state index contributed by atoms with van der Waals surface area (Å²) in [6.07, 6.45) is 2.88. The van der Waals surface area contributed by atoms with E-state index >= 15 is 0 Å². The molecule has 1 aliphatic heterocycles. The van der Waals surface area contributed by atoms with E-state index in [1.165, 1.54) is 23.0 Å². The quantitative estimate of drug-likeness (QED) is 0.741. The van der Waals surface area contributed by atoms with Crippen molar-refractivity contribution in [2.24, 2.45) is 0 Å². The molecule has 0 amide bonds. The van der Waals surface area contributed by atoms with Crippen LogP contribution in [0.1, 0.15) is 6.42 Å². The maximum absolute atomic E-state index is 14.2. The Kier molecular flexibility index (Phi) is 4.24. The Hall–Kier alpha value is -2.29. The second-order valence-corrected chi connectivity index (χ2v) is 6.24. The minimum absolute atomic E-state index is 0.219. The first kappa shape index (κ1) is 16.2. The summed E-state index contributed by atoms with van der Waals surface area (Å²) < 4.78 is 20.8. The molecular formula is C16H15ClFN5O2. The van der Waals surface area contributed by atoms with Gasteiger partial charge in [0, 0.05) is 18.9 Å². The van der Waals surface area contributed by atoms with Crippen molar-refractivity contribution < 1.29 is 14.2 Å². The lowest BCUT2D eigenvalue weighted by molar-refractivity contribution is -0.0136. The minimum Gasteiger partial charge on any atom is -0.389 e. The molecule has 1 aliphatic rings. The Labute approximate surface area is 147 Å². The molecule has 1 fully saturated rings. The predicted molar refractivity (Wildman–Crippen MR) is 90.0 cm³/mol. The van der Waals surface area contributed by atoms with Gasteiger partial charge in [0.15, 0.2) is 5.82 Å². The van der Waals surface area contributed by atoms with Crippen molar-refractivity contribution in [3.63, 3.8) is 0 Å². The van der Waals surface area contributed by atoms with E-state index in [4.69, 9.17) is 16.3 Å². The van der Waals surface area contributed by atoms with Crippen LogP contribution in [0.25, 0.3) is 16.9 Å². The Morgan fingerprint density at radius 2 is 2.20 bits per heavy atom. The van der Waals surface area contributed by atoms with Gasteiger partial charge in [-0.15, -0.1) is 5.10 Å². The number of aliphatic hydroxyl groups excluding tert-OH is 1. The van der Waals surface area contributed by atoms with Gasteiger partial charge in [0.05, 0.1) is 41.4 Å². The monoisotopic (exact) mass is 363 g/mol. The summed E-state index contributed by atoms with van der Waals surface area (Å²) in [6, 6.07) is 4.51. The van der Waals surface area contributed by atoms with Crippen molar-refractivity contribution in [1.29, 1.82) is 0 Å². The highest BCUT2D eigenvalue weighted by Crippen LogP contribution is 2.24. The molecule has 7 nitrogen and oxygen atoms in total. The maximum Gasteiger partial charge on any atom is 0.241 e. The number of pyridine rings is 1. The van der Waals surface area contributed by atoms with Crippen molar-refractivity contribution in [3.05, 3.63) is 41.4 Å². The van der Waals surface area contributed by atoms with Gasteiger partial charge >= 0.3 is 0 Å². The average molecular weight is 364 g/mol. The molecule has 130 valence electrons. The molecule has 0 saturated carbocycles.